The van der Waals surface area contributed by atoms with Crippen LogP contribution in [-0.2, 0) is 27.8 Å². The maximum Gasteiger partial charge on any atom is 0.235 e. The molecule has 0 aliphatic heterocycles. The van der Waals surface area contributed by atoms with E-state index < -0.39 is 10.0 Å². The zero-order valence-corrected chi connectivity index (χ0v) is 19.0. The molecule has 2 rings (SSSR count). The second-order valence-corrected chi connectivity index (χ2v) is 9.42. The second-order valence-electron chi connectivity index (χ2n) is 7.03. The molecule has 0 saturated heterocycles. The van der Waals surface area contributed by atoms with Gasteiger partial charge in [-0.05, 0) is 42.5 Å². The van der Waals surface area contributed by atoms with E-state index in [1.165, 1.54) is 0 Å². The molecule has 8 heteroatoms. The van der Waals surface area contributed by atoms with Crippen LogP contribution in [0.1, 0.15) is 30.9 Å². The zero-order chi connectivity index (χ0) is 22.0. The van der Waals surface area contributed by atoms with Gasteiger partial charge in [0.1, 0.15) is 5.75 Å². The summed E-state index contributed by atoms with van der Waals surface area (Å²) >= 11 is 6.13. The molecule has 0 fully saturated rings. The molecule has 1 amide bonds. The van der Waals surface area contributed by atoms with Crippen molar-refractivity contribution in [2.75, 3.05) is 26.0 Å². The summed E-state index contributed by atoms with van der Waals surface area (Å²) in [5.74, 6) is 0.525. The van der Waals surface area contributed by atoms with Gasteiger partial charge in [0.15, 0.2) is 0 Å². The minimum Gasteiger partial charge on any atom is -0.493 e. The Hall–Kier alpha value is -2.09. The molecule has 6 nitrogen and oxygen atoms in total. The fourth-order valence-electron chi connectivity index (χ4n) is 2.89. The predicted octanol–water partition coefficient (Wildman–Crippen LogP) is 3.64. The van der Waals surface area contributed by atoms with E-state index in [0.717, 1.165) is 41.1 Å². The third-order valence-electron chi connectivity index (χ3n) is 4.47. The lowest BCUT2D eigenvalue weighted by molar-refractivity contribution is -0.121. The van der Waals surface area contributed by atoms with Crippen LogP contribution in [0, 0.1) is 0 Å². The van der Waals surface area contributed by atoms with Gasteiger partial charge in [0.05, 0.1) is 19.4 Å². The van der Waals surface area contributed by atoms with Crippen LogP contribution in [0.3, 0.4) is 0 Å². The smallest absolute Gasteiger partial charge is 0.235 e. The maximum atomic E-state index is 12.3. The summed E-state index contributed by atoms with van der Waals surface area (Å²) < 4.78 is 31.1. The predicted molar refractivity (Wildman–Crippen MR) is 120 cm³/mol. The van der Waals surface area contributed by atoms with Gasteiger partial charge in [-0.2, -0.15) is 4.31 Å². The molecule has 0 atom stereocenters. The molecule has 0 spiro atoms. The number of carbonyl (C=O) groups is 1. The molecule has 1 N–H and O–H groups in total. The van der Waals surface area contributed by atoms with Crippen molar-refractivity contribution in [2.24, 2.45) is 0 Å². The first kappa shape index (κ1) is 24.2. The lowest BCUT2D eigenvalue weighted by atomic mass is 10.1. The average molecular weight is 453 g/mol. The molecule has 0 bridgehead atoms. The molecule has 164 valence electrons. The Morgan fingerprint density at radius 2 is 1.77 bits per heavy atom. The van der Waals surface area contributed by atoms with Crippen molar-refractivity contribution in [1.29, 1.82) is 0 Å². The SMILES string of the molecule is CCCOc1ccccc1CCCNC(=O)CN(Cc1ccccc1Cl)S(C)(=O)=O. The molecule has 0 aromatic heterocycles. The number of hydrogen-bond donors (Lipinski definition) is 1. The summed E-state index contributed by atoms with van der Waals surface area (Å²) in [6, 6.07) is 14.9. The van der Waals surface area contributed by atoms with Gasteiger partial charge >= 0.3 is 0 Å². The van der Waals surface area contributed by atoms with Gasteiger partial charge in [0.2, 0.25) is 15.9 Å². The number of aryl methyl sites for hydroxylation is 1. The van der Waals surface area contributed by atoms with Gasteiger partial charge in [0.25, 0.3) is 0 Å². The number of nitrogens with zero attached hydrogens (tertiary/aromatic N) is 1. The lowest BCUT2D eigenvalue weighted by Gasteiger charge is -2.20. The third kappa shape index (κ3) is 7.97. The highest BCUT2D eigenvalue weighted by Gasteiger charge is 2.21. The number of para-hydroxylation sites is 1. The van der Waals surface area contributed by atoms with Gasteiger partial charge in [-0.25, -0.2) is 8.42 Å². The second kappa shape index (κ2) is 11.9. The largest absolute Gasteiger partial charge is 0.493 e. The van der Waals surface area contributed by atoms with Crippen LogP contribution in [0.2, 0.25) is 5.02 Å². The van der Waals surface area contributed by atoms with Crippen molar-refractivity contribution < 1.29 is 17.9 Å². The first-order chi connectivity index (χ1) is 14.3. The lowest BCUT2D eigenvalue weighted by Crippen LogP contribution is -2.40. The standard InChI is InChI=1S/C22H29ClN2O4S/c1-3-15-29-21-13-7-5-9-18(21)11-8-14-24-22(26)17-25(30(2,27)28)16-19-10-4-6-12-20(19)23/h4-7,9-10,12-13H,3,8,11,14-17H2,1-2H3,(H,24,26). The number of carbonyl (C=O) groups excluding carboxylic acids is 1. The Balaban J connectivity index is 1.86. The summed E-state index contributed by atoms with van der Waals surface area (Å²) in [4.78, 5) is 12.3. The maximum absolute atomic E-state index is 12.3. The van der Waals surface area contributed by atoms with Gasteiger partial charge in [-0.1, -0.05) is 54.9 Å². The minimum atomic E-state index is -3.57. The van der Waals surface area contributed by atoms with Crippen molar-refractivity contribution in [3.05, 3.63) is 64.7 Å². The van der Waals surface area contributed by atoms with Crippen LogP contribution in [0.4, 0.5) is 0 Å². The normalized spacial score (nSPS) is 11.5. The van der Waals surface area contributed by atoms with Crippen LogP contribution in [0.15, 0.2) is 48.5 Å². The Morgan fingerprint density at radius 3 is 2.43 bits per heavy atom. The Labute approximate surface area is 184 Å². The van der Waals surface area contributed by atoms with Crippen LogP contribution in [0.25, 0.3) is 0 Å². The molecule has 30 heavy (non-hydrogen) atoms. The Bertz CT molecular complexity index is 934. The highest BCUT2D eigenvalue weighted by molar-refractivity contribution is 7.88. The van der Waals surface area contributed by atoms with Gasteiger partial charge in [0, 0.05) is 18.1 Å². The number of sulfonamides is 1. The Kier molecular flexibility index (Phi) is 9.62. The number of amides is 1. The van der Waals surface area contributed by atoms with Gasteiger partial charge in [-0.15, -0.1) is 0 Å². The zero-order valence-electron chi connectivity index (χ0n) is 17.4. The molecule has 0 aliphatic rings. The molecule has 0 saturated carbocycles. The number of rotatable bonds is 12. The topological polar surface area (TPSA) is 75.7 Å². The Morgan fingerprint density at radius 1 is 1.10 bits per heavy atom. The van der Waals surface area contributed by atoms with E-state index >= 15 is 0 Å². The van der Waals surface area contributed by atoms with Crippen molar-refractivity contribution >= 4 is 27.5 Å². The number of nitrogens with one attached hydrogen (secondary N) is 1. The van der Waals surface area contributed by atoms with Crippen LogP contribution < -0.4 is 10.1 Å². The van der Waals surface area contributed by atoms with E-state index in [-0.39, 0.29) is 19.0 Å². The summed E-state index contributed by atoms with van der Waals surface area (Å²) in [6.07, 6.45) is 3.51. The average Bonchev–Trinajstić information content (AvgIpc) is 2.70. The highest BCUT2D eigenvalue weighted by atomic mass is 35.5. The van der Waals surface area contributed by atoms with E-state index in [1.54, 1.807) is 24.3 Å². The first-order valence-electron chi connectivity index (χ1n) is 9.97. The molecule has 0 unspecified atom stereocenters. The van der Waals surface area contributed by atoms with E-state index in [0.29, 0.717) is 23.7 Å². The molecule has 0 aliphatic carbocycles. The van der Waals surface area contributed by atoms with Crippen molar-refractivity contribution in [1.82, 2.24) is 9.62 Å². The molecule has 2 aromatic rings. The summed E-state index contributed by atoms with van der Waals surface area (Å²) in [7, 11) is -3.57. The van der Waals surface area contributed by atoms with E-state index in [9.17, 15) is 13.2 Å². The number of ether oxygens (including phenoxy) is 1. The molecular formula is C22H29ClN2O4S. The van der Waals surface area contributed by atoms with E-state index in [4.69, 9.17) is 16.3 Å². The fraction of sp³-hybridized carbons (Fsp3) is 0.409. The quantitative estimate of drug-likeness (QED) is 0.499. The minimum absolute atomic E-state index is 0.0497. The highest BCUT2D eigenvalue weighted by Crippen LogP contribution is 2.20. The van der Waals surface area contributed by atoms with Crippen molar-refractivity contribution in [2.45, 2.75) is 32.7 Å². The van der Waals surface area contributed by atoms with Gasteiger partial charge < -0.3 is 10.1 Å². The monoisotopic (exact) mass is 452 g/mol. The molecular weight excluding hydrogens is 424 g/mol. The summed E-state index contributed by atoms with van der Waals surface area (Å²) in [5.41, 5.74) is 1.75. The third-order valence-corrected chi connectivity index (χ3v) is 6.04. The van der Waals surface area contributed by atoms with Gasteiger partial charge in [-0.3, -0.25) is 4.79 Å². The molecule has 0 heterocycles. The van der Waals surface area contributed by atoms with E-state index in [1.807, 2.05) is 24.3 Å². The molecule has 0 radical (unpaired) electrons. The number of benzene rings is 2. The van der Waals surface area contributed by atoms with Crippen molar-refractivity contribution in [3.8, 4) is 5.75 Å². The summed E-state index contributed by atoms with van der Waals surface area (Å²) in [5, 5.41) is 3.27. The van der Waals surface area contributed by atoms with Crippen LogP contribution in [0.5, 0.6) is 5.75 Å². The fourth-order valence-corrected chi connectivity index (χ4v) is 3.81. The van der Waals surface area contributed by atoms with E-state index in [2.05, 4.69) is 12.2 Å². The number of halogens is 1. The van der Waals surface area contributed by atoms with Crippen LogP contribution >= 0.6 is 11.6 Å². The number of hydrogen-bond acceptors (Lipinski definition) is 4. The molecule has 2 aromatic carbocycles. The van der Waals surface area contributed by atoms with Crippen molar-refractivity contribution in [3.63, 3.8) is 0 Å². The summed E-state index contributed by atoms with van der Waals surface area (Å²) in [6.45, 7) is 2.98. The van der Waals surface area contributed by atoms with Crippen LogP contribution in [-0.4, -0.2) is 44.6 Å². The first-order valence-corrected chi connectivity index (χ1v) is 12.2.